The lowest BCUT2D eigenvalue weighted by Gasteiger charge is -2.20. The number of carboxylic acids is 1. The summed E-state index contributed by atoms with van der Waals surface area (Å²) in [5.41, 5.74) is 1.13. The predicted molar refractivity (Wildman–Crippen MR) is 78.5 cm³/mol. The molecule has 20 heavy (non-hydrogen) atoms. The van der Waals surface area contributed by atoms with E-state index in [4.69, 9.17) is 9.84 Å². The van der Waals surface area contributed by atoms with Crippen LogP contribution in [0.4, 0.5) is 4.79 Å². The fraction of sp³-hybridized carbons (Fsp3) is 0.467. The van der Waals surface area contributed by atoms with Gasteiger partial charge < -0.3 is 15.2 Å². The van der Waals surface area contributed by atoms with E-state index in [1.807, 2.05) is 0 Å². The first kappa shape index (κ1) is 18.0. The van der Waals surface area contributed by atoms with Gasteiger partial charge in [0.25, 0.3) is 0 Å². The van der Waals surface area contributed by atoms with Crippen molar-refractivity contribution in [3.8, 4) is 0 Å². The number of nitrogens with one attached hydrogen (secondary N) is 1. The zero-order valence-corrected chi connectivity index (χ0v) is 12.7. The van der Waals surface area contributed by atoms with Crippen molar-refractivity contribution in [2.45, 2.75) is 40.2 Å². The number of carboxylic acid groups (broad SMARTS) is 1. The lowest BCUT2D eigenvalue weighted by atomic mass is 10.1. The van der Waals surface area contributed by atoms with Crippen LogP contribution in [0.25, 0.3) is 0 Å². The summed E-state index contributed by atoms with van der Waals surface area (Å²) in [5.74, 6) is -0.979. The first-order valence-electron chi connectivity index (χ1n) is 6.27. The first-order valence-corrected chi connectivity index (χ1v) is 6.27. The summed E-state index contributed by atoms with van der Waals surface area (Å²) in [4.78, 5) is 22.3. The average molecular weight is 281 g/mol. The second-order valence-electron chi connectivity index (χ2n) is 5.40. The molecule has 0 rings (SSSR count). The largest absolute Gasteiger partial charge is 0.478 e. The molecule has 0 heterocycles. The third kappa shape index (κ3) is 7.41. The van der Waals surface area contributed by atoms with Gasteiger partial charge in [-0.05, 0) is 51.8 Å². The molecule has 0 spiro atoms. The summed E-state index contributed by atoms with van der Waals surface area (Å²) in [6.45, 7) is 12.5. The number of allylic oxidation sites excluding steroid dienone is 2. The quantitative estimate of drug-likeness (QED) is 0.600. The Bertz CT molecular complexity index is 453. The van der Waals surface area contributed by atoms with E-state index in [0.717, 1.165) is 11.1 Å². The highest BCUT2D eigenvalue weighted by Gasteiger charge is 2.15. The molecule has 0 fully saturated rings. The second-order valence-corrected chi connectivity index (χ2v) is 5.40. The summed E-state index contributed by atoms with van der Waals surface area (Å²) in [7, 11) is 0. The molecular weight excluding hydrogens is 258 g/mol. The van der Waals surface area contributed by atoms with E-state index in [2.05, 4.69) is 11.9 Å². The minimum Gasteiger partial charge on any atom is -0.478 e. The Morgan fingerprint density at radius 3 is 2.25 bits per heavy atom. The Hall–Kier alpha value is -2.04. The van der Waals surface area contributed by atoms with Gasteiger partial charge in [-0.2, -0.15) is 0 Å². The Balaban J connectivity index is 4.79. The van der Waals surface area contributed by atoms with Crippen LogP contribution in [0.2, 0.25) is 0 Å². The van der Waals surface area contributed by atoms with Crippen LogP contribution in [0, 0.1) is 0 Å². The van der Waals surface area contributed by atoms with Gasteiger partial charge in [0, 0.05) is 12.1 Å². The maximum absolute atomic E-state index is 11.5. The van der Waals surface area contributed by atoms with Gasteiger partial charge in [-0.1, -0.05) is 12.7 Å². The number of ether oxygens (including phenoxy) is 1. The molecule has 0 radical (unpaired) electrons. The summed E-state index contributed by atoms with van der Waals surface area (Å²) in [5, 5.41) is 11.4. The molecule has 0 aliphatic rings. The maximum Gasteiger partial charge on any atom is 0.407 e. The smallest absolute Gasteiger partial charge is 0.407 e. The number of amides is 1. The van der Waals surface area contributed by atoms with E-state index in [0.29, 0.717) is 0 Å². The molecular formula is C15H23NO4. The summed E-state index contributed by atoms with van der Waals surface area (Å²) in [6, 6.07) is 0. The van der Waals surface area contributed by atoms with Crippen molar-refractivity contribution in [1.29, 1.82) is 0 Å². The van der Waals surface area contributed by atoms with Crippen molar-refractivity contribution in [3.05, 3.63) is 35.5 Å². The predicted octanol–water partition coefficient (Wildman–Crippen LogP) is 3.04. The minimum absolute atomic E-state index is 0.221. The maximum atomic E-state index is 11.5. The molecule has 0 aromatic rings. The molecule has 0 aromatic heterocycles. The van der Waals surface area contributed by atoms with Crippen LogP contribution in [0.3, 0.4) is 0 Å². The number of carbonyl (C=O) groups is 2. The summed E-state index contributed by atoms with van der Waals surface area (Å²) in [6.07, 6.45) is 2.60. The molecule has 0 aliphatic heterocycles. The fourth-order valence-electron chi connectivity index (χ4n) is 1.33. The third-order valence-corrected chi connectivity index (χ3v) is 2.35. The summed E-state index contributed by atoms with van der Waals surface area (Å²) < 4.78 is 5.12. The van der Waals surface area contributed by atoms with Crippen LogP contribution in [-0.4, -0.2) is 29.3 Å². The molecule has 0 atom stereocenters. The molecule has 5 heteroatoms. The monoisotopic (exact) mass is 281 g/mol. The van der Waals surface area contributed by atoms with E-state index in [-0.39, 0.29) is 12.1 Å². The van der Waals surface area contributed by atoms with Crippen LogP contribution >= 0.6 is 0 Å². The van der Waals surface area contributed by atoms with Gasteiger partial charge in [0.1, 0.15) is 5.60 Å². The Morgan fingerprint density at radius 1 is 1.30 bits per heavy atom. The Labute approximate surface area is 120 Å². The Morgan fingerprint density at radius 2 is 1.85 bits per heavy atom. The highest BCUT2D eigenvalue weighted by Crippen LogP contribution is 2.10. The van der Waals surface area contributed by atoms with E-state index >= 15 is 0 Å². The lowest BCUT2D eigenvalue weighted by Crippen LogP contribution is -2.33. The summed E-state index contributed by atoms with van der Waals surface area (Å²) >= 11 is 0. The minimum atomic E-state index is -0.979. The zero-order chi connectivity index (χ0) is 15.9. The van der Waals surface area contributed by atoms with E-state index in [9.17, 15) is 9.59 Å². The highest BCUT2D eigenvalue weighted by molar-refractivity contribution is 5.86. The van der Waals surface area contributed by atoms with E-state index < -0.39 is 17.7 Å². The van der Waals surface area contributed by atoms with Crippen LogP contribution in [0.1, 0.15) is 34.6 Å². The van der Waals surface area contributed by atoms with E-state index in [1.165, 1.54) is 13.0 Å². The van der Waals surface area contributed by atoms with Crippen molar-refractivity contribution in [2.75, 3.05) is 6.54 Å². The fourth-order valence-corrected chi connectivity index (χ4v) is 1.33. The molecule has 112 valence electrons. The average Bonchev–Trinajstić information content (AvgIpc) is 2.26. The van der Waals surface area contributed by atoms with Gasteiger partial charge in [0.15, 0.2) is 0 Å². The van der Waals surface area contributed by atoms with E-state index in [1.54, 1.807) is 33.8 Å². The number of rotatable bonds is 5. The van der Waals surface area contributed by atoms with Crippen molar-refractivity contribution in [2.24, 2.45) is 0 Å². The van der Waals surface area contributed by atoms with Gasteiger partial charge in [0.2, 0.25) is 0 Å². The highest BCUT2D eigenvalue weighted by atomic mass is 16.6. The lowest BCUT2D eigenvalue weighted by molar-refractivity contribution is -0.132. The molecule has 0 aliphatic carbocycles. The van der Waals surface area contributed by atoms with Crippen molar-refractivity contribution < 1.29 is 19.4 Å². The van der Waals surface area contributed by atoms with Gasteiger partial charge in [-0.15, -0.1) is 0 Å². The molecule has 0 aromatic carbocycles. The van der Waals surface area contributed by atoms with Gasteiger partial charge in [-0.25, -0.2) is 9.59 Å². The number of alkyl carbamates (subject to hydrolysis) is 1. The van der Waals surface area contributed by atoms with Crippen LogP contribution in [0.5, 0.6) is 0 Å². The number of aliphatic carboxylic acids is 1. The normalized spacial score (nSPS) is 13.3. The topological polar surface area (TPSA) is 75.6 Å². The van der Waals surface area contributed by atoms with Crippen LogP contribution < -0.4 is 5.32 Å². The molecule has 0 unspecified atom stereocenters. The molecule has 5 nitrogen and oxygen atoms in total. The standard InChI is InChI=1S/C15H23NO4/c1-7-12(10(2)8-11(3)13(17)18)9-16-14(19)20-15(4,5)6/h7-8H,1,9H2,2-6H3,(H,16,19)(H,17,18)/b11-8+,12-10+. The van der Waals surface area contributed by atoms with Crippen LogP contribution in [0.15, 0.2) is 35.5 Å². The van der Waals surface area contributed by atoms with Crippen molar-refractivity contribution >= 4 is 12.1 Å². The third-order valence-electron chi connectivity index (χ3n) is 2.35. The number of carbonyl (C=O) groups excluding carboxylic acids is 1. The second kappa shape index (κ2) is 7.53. The Kier molecular flexibility index (Phi) is 6.76. The zero-order valence-electron chi connectivity index (χ0n) is 12.7. The number of hydrogen-bond donors (Lipinski definition) is 2. The molecule has 2 N–H and O–H groups in total. The van der Waals surface area contributed by atoms with Gasteiger partial charge >= 0.3 is 12.1 Å². The van der Waals surface area contributed by atoms with Gasteiger partial charge in [-0.3, -0.25) is 0 Å². The molecule has 0 saturated heterocycles. The van der Waals surface area contributed by atoms with Gasteiger partial charge in [0.05, 0.1) is 0 Å². The molecule has 0 bridgehead atoms. The SMILES string of the molecule is C=C/C(CNC(=O)OC(C)(C)C)=C(C)\C=C(/C)C(=O)O. The van der Waals surface area contributed by atoms with Crippen molar-refractivity contribution in [1.82, 2.24) is 5.32 Å². The van der Waals surface area contributed by atoms with Crippen LogP contribution in [-0.2, 0) is 9.53 Å². The molecule has 1 amide bonds. The first-order chi connectivity index (χ1) is 9.06. The van der Waals surface area contributed by atoms with Crippen molar-refractivity contribution in [3.63, 3.8) is 0 Å². The molecule has 0 saturated carbocycles. The number of hydrogen-bond acceptors (Lipinski definition) is 3.